The zero-order chi connectivity index (χ0) is 15.9. The number of benzene rings is 1. The summed E-state index contributed by atoms with van der Waals surface area (Å²) >= 11 is 0. The fraction of sp³-hybridized carbons (Fsp3) is 0.588. The maximum Gasteiger partial charge on any atom is 0.302 e. The van der Waals surface area contributed by atoms with E-state index in [2.05, 4.69) is 11.0 Å². The molecule has 0 N–H and O–H groups in total. The van der Waals surface area contributed by atoms with Gasteiger partial charge in [-0.25, -0.2) is 0 Å². The first kappa shape index (κ1) is 16.6. The van der Waals surface area contributed by atoms with Crippen LogP contribution in [0.25, 0.3) is 0 Å². The highest BCUT2D eigenvalue weighted by Gasteiger charge is 2.21. The van der Waals surface area contributed by atoms with Gasteiger partial charge in [-0.15, -0.1) is 0 Å². The lowest BCUT2D eigenvalue weighted by Crippen LogP contribution is -2.41. The zero-order valence-corrected chi connectivity index (χ0v) is 13.6. The van der Waals surface area contributed by atoms with Crippen LogP contribution >= 0.6 is 0 Å². The molecule has 0 saturated carbocycles. The van der Waals surface area contributed by atoms with Crippen molar-refractivity contribution in [3.63, 3.8) is 0 Å². The number of carbonyl (C=O) groups is 1. The number of hydrogen-bond acceptors (Lipinski definition) is 5. The predicted octanol–water partition coefficient (Wildman–Crippen LogP) is 2.27. The smallest absolute Gasteiger partial charge is 0.302 e. The molecule has 1 aliphatic rings. The van der Waals surface area contributed by atoms with Gasteiger partial charge in [0.25, 0.3) is 0 Å². The van der Waals surface area contributed by atoms with Gasteiger partial charge in [-0.3, -0.25) is 9.69 Å². The fourth-order valence-corrected chi connectivity index (χ4v) is 2.87. The maximum absolute atomic E-state index is 11.1. The number of methoxy groups -OCH3 is 2. The molecule has 0 aliphatic carbocycles. The summed E-state index contributed by atoms with van der Waals surface area (Å²) in [6.07, 6.45) is 3.01. The first-order valence-electron chi connectivity index (χ1n) is 7.73. The van der Waals surface area contributed by atoms with E-state index < -0.39 is 0 Å². The molecule has 5 heteroatoms. The predicted molar refractivity (Wildman–Crippen MR) is 84.5 cm³/mol. The third-order valence-electron chi connectivity index (χ3n) is 3.96. The summed E-state index contributed by atoms with van der Waals surface area (Å²) in [6, 6.07) is 6.02. The lowest BCUT2D eigenvalue weighted by atomic mass is 10.1. The van der Waals surface area contributed by atoms with Gasteiger partial charge in [0.15, 0.2) is 11.5 Å². The van der Waals surface area contributed by atoms with Crippen molar-refractivity contribution in [3.8, 4) is 11.5 Å². The lowest BCUT2D eigenvalue weighted by Gasteiger charge is -2.32. The molecule has 0 spiro atoms. The van der Waals surface area contributed by atoms with Crippen LogP contribution < -0.4 is 9.47 Å². The Hall–Kier alpha value is -1.75. The van der Waals surface area contributed by atoms with Crippen molar-refractivity contribution in [2.24, 2.45) is 0 Å². The van der Waals surface area contributed by atoms with E-state index in [1.807, 2.05) is 12.1 Å². The quantitative estimate of drug-likeness (QED) is 0.755. The van der Waals surface area contributed by atoms with Crippen LogP contribution in [-0.2, 0) is 16.0 Å². The number of esters is 1. The van der Waals surface area contributed by atoms with E-state index in [1.165, 1.54) is 12.5 Å². The van der Waals surface area contributed by atoms with E-state index >= 15 is 0 Å². The van der Waals surface area contributed by atoms with Crippen molar-refractivity contribution < 1.29 is 19.0 Å². The topological polar surface area (TPSA) is 48.0 Å². The Morgan fingerprint density at radius 1 is 1.27 bits per heavy atom. The summed E-state index contributed by atoms with van der Waals surface area (Å²) in [5.74, 6) is 1.32. The third kappa shape index (κ3) is 4.63. The van der Waals surface area contributed by atoms with Gasteiger partial charge in [0, 0.05) is 20.0 Å². The summed E-state index contributed by atoms with van der Waals surface area (Å²) in [7, 11) is 3.29. The molecule has 1 aromatic rings. The molecule has 1 aromatic carbocycles. The summed E-state index contributed by atoms with van der Waals surface area (Å²) in [6.45, 7) is 4.31. The van der Waals surface area contributed by atoms with Crippen LogP contribution in [0.4, 0.5) is 0 Å². The fourth-order valence-electron chi connectivity index (χ4n) is 2.87. The standard InChI is InChI=1S/C17H25NO4/c1-13(19)22-15-5-4-9-18(12-15)10-8-14-6-7-16(20-2)17(11-14)21-3/h6-7,11,15H,4-5,8-10,12H2,1-3H3. The molecular weight excluding hydrogens is 282 g/mol. The molecule has 2 rings (SSSR count). The highest BCUT2D eigenvalue weighted by molar-refractivity contribution is 5.66. The number of rotatable bonds is 6. The number of carbonyl (C=O) groups excluding carboxylic acids is 1. The average molecular weight is 307 g/mol. The third-order valence-corrected chi connectivity index (χ3v) is 3.96. The molecule has 0 radical (unpaired) electrons. The maximum atomic E-state index is 11.1. The Kier molecular flexibility index (Phi) is 6.07. The molecule has 0 amide bonds. The van der Waals surface area contributed by atoms with Crippen LogP contribution in [0.3, 0.4) is 0 Å². The van der Waals surface area contributed by atoms with Gasteiger partial charge in [0.1, 0.15) is 6.10 Å². The minimum atomic E-state index is -0.188. The molecule has 22 heavy (non-hydrogen) atoms. The Balaban J connectivity index is 1.88. The molecule has 1 saturated heterocycles. The number of ether oxygens (including phenoxy) is 3. The summed E-state index contributed by atoms with van der Waals surface area (Å²) in [4.78, 5) is 13.4. The number of hydrogen-bond donors (Lipinski definition) is 0. The Labute approximate surface area is 132 Å². The van der Waals surface area contributed by atoms with Crippen molar-refractivity contribution in [2.45, 2.75) is 32.3 Å². The molecule has 122 valence electrons. The Morgan fingerprint density at radius 2 is 2.05 bits per heavy atom. The van der Waals surface area contributed by atoms with Crippen LogP contribution in [0, 0.1) is 0 Å². The highest BCUT2D eigenvalue weighted by atomic mass is 16.5. The van der Waals surface area contributed by atoms with Gasteiger partial charge in [-0.1, -0.05) is 6.07 Å². The molecule has 0 bridgehead atoms. The second-order valence-electron chi connectivity index (χ2n) is 5.61. The van der Waals surface area contributed by atoms with Crippen molar-refractivity contribution in [3.05, 3.63) is 23.8 Å². The second-order valence-corrected chi connectivity index (χ2v) is 5.61. The minimum absolute atomic E-state index is 0.0386. The van der Waals surface area contributed by atoms with Gasteiger partial charge in [0.2, 0.25) is 0 Å². The van der Waals surface area contributed by atoms with Gasteiger partial charge >= 0.3 is 5.97 Å². The molecule has 1 heterocycles. The van der Waals surface area contributed by atoms with Crippen LogP contribution in [0.5, 0.6) is 11.5 Å². The average Bonchev–Trinajstić information content (AvgIpc) is 2.52. The van der Waals surface area contributed by atoms with E-state index in [0.29, 0.717) is 0 Å². The summed E-state index contributed by atoms with van der Waals surface area (Å²) < 4.78 is 15.9. The van der Waals surface area contributed by atoms with E-state index in [4.69, 9.17) is 14.2 Å². The molecule has 1 fully saturated rings. The van der Waals surface area contributed by atoms with E-state index in [9.17, 15) is 4.79 Å². The SMILES string of the molecule is COc1ccc(CCN2CCCC(OC(C)=O)C2)cc1OC. The van der Waals surface area contributed by atoms with Crippen molar-refractivity contribution >= 4 is 5.97 Å². The van der Waals surface area contributed by atoms with Gasteiger partial charge in [-0.2, -0.15) is 0 Å². The molecule has 0 aromatic heterocycles. The van der Waals surface area contributed by atoms with Crippen LogP contribution in [0.15, 0.2) is 18.2 Å². The summed E-state index contributed by atoms with van der Waals surface area (Å²) in [5.41, 5.74) is 1.22. The molecule has 1 unspecified atom stereocenters. The second kappa shape index (κ2) is 8.03. The Morgan fingerprint density at radius 3 is 2.73 bits per heavy atom. The number of piperidine rings is 1. The summed E-state index contributed by atoms with van der Waals surface area (Å²) in [5, 5.41) is 0. The van der Waals surface area contributed by atoms with Crippen LogP contribution in [-0.4, -0.2) is 50.8 Å². The first-order chi connectivity index (χ1) is 10.6. The number of nitrogens with zero attached hydrogens (tertiary/aromatic N) is 1. The largest absolute Gasteiger partial charge is 0.493 e. The molecule has 5 nitrogen and oxygen atoms in total. The van der Waals surface area contributed by atoms with E-state index in [1.54, 1.807) is 14.2 Å². The van der Waals surface area contributed by atoms with Crippen molar-refractivity contribution in [2.75, 3.05) is 33.9 Å². The normalized spacial score (nSPS) is 18.8. The van der Waals surface area contributed by atoms with E-state index in [0.717, 1.165) is 50.4 Å². The van der Waals surface area contributed by atoms with Gasteiger partial charge in [0.05, 0.1) is 14.2 Å². The van der Waals surface area contributed by atoms with Crippen molar-refractivity contribution in [1.82, 2.24) is 4.90 Å². The number of likely N-dealkylation sites (tertiary alicyclic amines) is 1. The van der Waals surface area contributed by atoms with Crippen LogP contribution in [0.1, 0.15) is 25.3 Å². The van der Waals surface area contributed by atoms with Crippen molar-refractivity contribution in [1.29, 1.82) is 0 Å². The van der Waals surface area contributed by atoms with Gasteiger partial charge < -0.3 is 14.2 Å². The zero-order valence-electron chi connectivity index (χ0n) is 13.6. The molecule has 1 atom stereocenters. The van der Waals surface area contributed by atoms with Crippen LogP contribution in [0.2, 0.25) is 0 Å². The lowest BCUT2D eigenvalue weighted by molar-refractivity contribution is -0.148. The molecular formula is C17H25NO4. The molecule has 1 aliphatic heterocycles. The Bertz CT molecular complexity index is 503. The first-order valence-corrected chi connectivity index (χ1v) is 7.73. The highest BCUT2D eigenvalue weighted by Crippen LogP contribution is 2.27. The monoisotopic (exact) mass is 307 g/mol. The van der Waals surface area contributed by atoms with E-state index in [-0.39, 0.29) is 12.1 Å². The minimum Gasteiger partial charge on any atom is -0.493 e. The van der Waals surface area contributed by atoms with Gasteiger partial charge in [-0.05, 0) is 43.5 Å².